The van der Waals surface area contributed by atoms with Gasteiger partial charge in [0.1, 0.15) is 5.92 Å². The van der Waals surface area contributed by atoms with Crippen molar-refractivity contribution in [2.24, 2.45) is 10.9 Å². The molecule has 3 nitrogen and oxygen atoms in total. The van der Waals surface area contributed by atoms with Crippen molar-refractivity contribution in [3.05, 3.63) is 65.2 Å². The maximum atomic E-state index is 12.3. The number of aryl methyl sites for hydroxylation is 1. The minimum absolute atomic E-state index is 0.159. The second-order valence-corrected chi connectivity index (χ2v) is 4.87. The van der Waals surface area contributed by atoms with Crippen LogP contribution in [0.2, 0.25) is 0 Å². The maximum absolute atomic E-state index is 12.3. The van der Waals surface area contributed by atoms with E-state index in [0.717, 1.165) is 11.3 Å². The molecule has 0 N–H and O–H groups in total. The van der Waals surface area contributed by atoms with Crippen LogP contribution in [-0.4, -0.2) is 17.8 Å². The molecule has 0 aromatic heterocycles. The zero-order valence-electron chi connectivity index (χ0n) is 11.0. The predicted molar refractivity (Wildman–Crippen MR) is 77.9 cm³/mol. The number of carbonyl (C=O) groups excluding carboxylic acids is 2. The number of hydrogen-bond donors (Lipinski definition) is 0. The van der Waals surface area contributed by atoms with Gasteiger partial charge in [-0.05, 0) is 25.1 Å². The van der Waals surface area contributed by atoms with Crippen molar-refractivity contribution in [3.63, 3.8) is 0 Å². The van der Waals surface area contributed by atoms with Crippen LogP contribution in [0.15, 0.2) is 53.5 Å². The lowest BCUT2D eigenvalue weighted by molar-refractivity contribution is 0.0886. The van der Waals surface area contributed by atoms with E-state index in [0.29, 0.717) is 11.1 Å². The first-order valence-electron chi connectivity index (χ1n) is 6.45. The summed E-state index contributed by atoms with van der Waals surface area (Å²) in [5.41, 5.74) is 2.73. The molecule has 1 atom stereocenters. The Morgan fingerprint density at radius 3 is 2.40 bits per heavy atom. The first-order chi connectivity index (χ1) is 9.66. The normalized spacial score (nSPS) is 17.8. The fraction of sp³-hybridized carbons (Fsp3) is 0.118. The number of para-hydroxylation sites is 1. The number of fused-ring (bicyclic) bond motifs is 1. The van der Waals surface area contributed by atoms with Crippen LogP contribution in [0.25, 0.3) is 0 Å². The third kappa shape index (κ3) is 2.07. The molecule has 0 spiro atoms. The molecule has 0 fully saturated rings. The first kappa shape index (κ1) is 12.5. The lowest BCUT2D eigenvalue weighted by Gasteiger charge is -1.98. The van der Waals surface area contributed by atoms with Gasteiger partial charge in [-0.25, -0.2) is 0 Å². The number of hydrogen-bond acceptors (Lipinski definition) is 3. The summed E-state index contributed by atoms with van der Waals surface area (Å²) >= 11 is 0. The third-order valence-corrected chi connectivity index (χ3v) is 3.40. The molecule has 3 rings (SSSR count). The Morgan fingerprint density at radius 2 is 1.65 bits per heavy atom. The van der Waals surface area contributed by atoms with Crippen molar-refractivity contribution in [2.75, 3.05) is 0 Å². The molecule has 1 unspecified atom stereocenters. The van der Waals surface area contributed by atoms with Crippen LogP contribution in [0.5, 0.6) is 0 Å². The molecule has 0 saturated heterocycles. The molecule has 0 saturated carbocycles. The summed E-state index contributed by atoms with van der Waals surface area (Å²) in [6.07, 6.45) is 1.45. The van der Waals surface area contributed by atoms with Crippen LogP contribution < -0.4 is 0 Å². The van der Waals surface area contributed by atoms with Gasteiger partial charge in [0.2, 0.25) is 0 Å². The Bertz CT molecular complexity index is 717. The second-order valence-electron chi connectivity index (χ2n) is 4.87. The van der Waals surface area contributed by atoms with Gasteiger partial charge < -0.3 is 0 Å². The predicted octanol–water partition coefficient (Wildman–Crippen LogP) is 3.39. The summed E-state index contributed by atoms with van der Waals surface area (Å²) in [4.78, 5) is 28.7. The Balaban J connectivity index is 1.92. The van der Waals surface area contributed by atoms with Crippen molar-refractivity contribution in [1.82, 2.24) is 0 Å². The number of rotatable bonds is 2. The monoisotopic (exact) mass is 263 g/mol. The van der Waals surface area contributed by atoms with E-state index in [9.17, 15) is 9.59 Å². The van der Waals surface area contributed by atoms with Crippen molar-refractivity contribution in [1.29, 1.82) is 0 Å². The molecule has 0 amide bonds. The van der Waals surface area contributed by atoms with Crippen molar-refractivity contribution >= 4 is 23.5 Å². The van der Waals surface area contributed by atoms with E-state index in [1.165, 1.54) is 6.21 Å². The Hall–Kier alpha value is -2.55. The van der Waals surface area contributed by atoms with Crippen LogP contribution in [0.3, 0.4) is 0 Å². The molecule has 3 heteroatoms. The van der Waals surface area contributed by atoms with Gasteiger partial charge in [0.05, 0.1) is 5.69 Å². The zero-order valence-corrected chi connectivity index (χ0v) is 11.0. The molecule has 1 aliphatic rings. The van der Waals surface area contributed by atoms with E-state index in [1.807, 2.05) is 43.3 Å². The van der Waals surface area contributed by atoms with Gasteiger partial charge in [0.15, 0.2) is 11.6 Å². The van der Waals surface area contributed by atoms with Crippen molar-refractivity contribution in [2.45, 2.75) is 6.92 Å². The molecule has 0 bridgehead atoms. The molecule has 98 valence electrons. The number of carbonyl (C=O) groups is 2. The molecule has 20 heavy (non-hydrogen) atoms. The Labute approximate surface area is 117 Å². The average Bonchev–Trinajstić information content (AvgIpc) is 2.70. The standard InChI is InChI=1S/C17H13NO2/c1-11-7-8-13-14(9-11)17(20)15(16(13)19)10-18-12-5-3-2-4-6-12/h2-10,15H,1H3. The quantitative estimate of drug-likeness (QED) is 0.616. The fourth-order valence-electron chi connectivity index (χ4n) is 2.34. The van der Waals surface area contributed by atoms with Crippen LogP contribution in [-0.2, 0) is 0 Å². The van der Waals surface area contributed by atoms with Gasteiger partial charge >= 0.3 is 0 Å². The van der Waals surface area contributed by atoms with Gasteiger partial charge in [-0.2, -0.15) is 0 Å². The fourth-order valence-corrected chi connectivity index (χ4v) is 2.34. The second kappa shape index (κ2) is 4.85. The summed E-state index contributed by atoms with van der Waals surface area (Å²) < 4.78 is 0. The lowest BCUT2D eigenvalue weighted by Crippen LogP contribution is -2.16. The van der Waals surface area contributed by atoms with Crippen LogP contribution in [0.4, 0.5) is 5.69 Å². The number of nitrogens with zero attached hydrogens (tertiary/aromatic N) is 1. The van der Waals surface area contributed by atoms with Gasteiger partial charge in [-0.3, -0.25) is 14.6 Å². The molecule has 0 aliphatic heterocycles. The molecular formula is C17H13NO2. The SMILES string of the molecule is Cc1ccc2c(c1)C(=O)C(C=Nc1ccccc1)C2=O. The van der Waals surface area contributed by atoms with E-state index in [-0.39, 0.29) is 11.6 Å². The third-order valence-electron chi connectivity index (χ3n) is 3.40. The molecule has 2 aromatic carbocycles. The number of Topliss-reactive ketones (excluding diaryl/α,β-unsaturated/α-hetero) is 2. The highest BCUT2D eigenvalue weighted by molar-refractivity contribution is 6.33. The van der Waals surface area contributed by atoms with Crippen LogP contribution in [0.1, 0.15) is 26.3 Å². The topological polar surface area (TPSA) is 46.5 Å². The van der Waals surface area contributed by atoms with Crippen molar-refractivity contribution < 1.29 is 9.59 Å². The summed E-state index contributed by atoms with van der Waals surface area (Å²) in [5, 5.41) is 0. The molecule has 0 heterocycles. The summed E-state index contributed by atoms with van der Waals surface area (Å²) in [6.45, 7) is 1.91. The smallest absolute Gasteiger partial charge is 0.179 e. The largest absolute Gasteiger partial charge is 0.293 e. The first-order valence-corrected chi connectivity index (χ1v) is 6.45. The number of ketones is 2. The van der Waals surface area contributed by atoms with Crippen molar-refractivity contribution in [3.8, 4) is 0 Å². The number of aliphatic imine (C=N–C) groups is 1. The lowest BCUT2D eigenvalue weighted by atomic mass is 10.1. The average molecular weight is 263 g/mol. The van der Waals surface area contributed by atoms with E-state index < -0.39 is 5.92 Å². The summed E-state index contributed by atoms with van der Waals surface area (Å²) in [5.74, 6) is -1.11. The Morgan fingerprint density at radius 1 is 0.950 bits per heavy atom. The highest BCUT2D eigenvalue weighted by Gasteiger charge is 2.37. The van der Waals surface area contributed by atoms with E-state index >= 15 is 0 Å². The minimum atomic E-state index is -0.785. The van der Waals surface area contributed by atoms with Gasteiger partial charge in [-0.15, -0.1) is 0 Å². The maximum Gasteiger partial charge on any atom is 0.179 e. The summed E-state index contributed by atoms with van der Waals surface area (Å²) in [7, 11) is 0. The number of benzene rings is 2. The molecule has 1 aliphatic carbocycles. The van der Waals surface area contributed by atoms with Crippen LogP contribution >= 0.6 is 0 Å². The summed E-state index contributed by atoms with van der Waals surface area (Å²) in [6, 6.07) is 14.6. The molecule has 2 aromatic rings. The molecule has 0 radical (unpaired) electrons. The zero-order chi connectivity index (χ0) is 14.1. The highest BCUT2D eigenvalue weighted by atomic mass is 16.2. The molecular weight excluding hydrogens is 250 g/mol. The van der Waals surface area contributed by atoms with E-state index in [1.54, 1.807) is 12.1 Å². The van der Waals surface area contributed by atoms with Crippen LogP contribution in [0, 0.1) is 12.8 Å². The van der Waals surface area contributed by atoms with Gasteiger partial charge in [-0.1, -0.05) is 35.9 Å². The highest BCUT2D eigenvalue weighted by Crippen LogP contribution is 2.27. The van der Waals surface area contributed by atoms with E-state index in [4.69, 9.17) is 0 Å². The minimum Gasteiger partial charge on any atom is -0.293 e. The Kier molecular flexibility index (Phi) is 3.03. The van der Waals surface area contributed by atoms with Gasteiger partial charge in [0, 0.05) is 17.3 Å². The van der Waals surface area contributed by atoms with Gasteiger partial charge in [0.25, 0.3) is 0 Å². The van der Waals surface area contributed by atoms with E-state index in [2.05, 4.69) is 4.99 Å².